The molecule has 0 bridgehead atoms. The monoisotopic (exact) mass is 218 g/mol. The maximum Gasteiger partial charge on any atom is 0.457 e. The van der Waals surface area contributed by atoms with E-state index >= 15 is 0 Å². The quantitative estimate of drug-likeness (QED) is 0.715. The highest BCUT2D eigenvalue weighted by Crippen LogP contribution is 2.32. The Labute approximate surface area is 85.5 Å². The molecule has 1 amide bonds. The molecular weight excluding hydrogens is 213 g/mol. The lowest BCUT2D eigenvalue weighted by Crippen LogP contribution is -2.23. The van der Waals surface area contributed by atoms with Crippen LogP contribution in [-0.4, -0.2) is 13.1 Å². The summed E-state index contributed by atoms with van der Waals surface area (Å²) in [5.41, 5.74) is 0.242. The molecule has 1 aromatic rings. The zero-order valence-electron chi connectivity index (χ0n) is 6.75. The van der Waals surface area contributed by atoms with Crippen molar-refractivity contribution in [1.29, 1.82) is 0 Å². The average Bonchev–Trinajstić information content (AvgIpc) is 2.03. The lowest BCUT2D eigenvalue weighted by Gasteiger charge is -2.14. The van der Waals surface area contributed by atoms with Crippen molar-refractivity contribution in [2.45, 2.75) is 0 Å². The van der Waals surface area contributed by atoms with E-state index in [4.69, 9.17) is 23.2 Å². The predicted molar refractivity (Wildman–Crippen MR) is 50.9 cm³/mol. The number of hydrogen-bond acceptors (Lipinski definition) is 1. The lowest BCUT2D eigenvalue weighted by atomic mass is 10.3. The van der Waals surface area contributed by atoms with Crippen molar-refractivity contribution < 1.29 is 9.90 Å². The number of anilines is 1. The first-order valence-corrected chi connectivity index (χ1v) is 4.18. The maximum absolute atomic E-state index is 10.5. The Kier molecular flexibility index (Phi) is 3.01. The van der Waals surface area contributed by atoms with Gasteiger partial charge in [0.2, 0.25) is 0 Å². The van der Waals surface area contributed by atoms with Gasteiger partial charge in [0.05, 0.1) is 15.7 Å². The molecule has 1 radical (unpaired) electrons. The minimum absolute atomic E-state index is 0.242. The standard InChI is InChI=1S/C8H6Cl2NO2/c1-11(8(12)13)7-5(9)3-2-4-6(7)10/h2-4H,1H3. The second-order valence-electron chi connectivity index (χ2n) is 2.40. The molecular formula is C8H6Cl2NO2. The third-order valence-corrected chi connectivity index (χ3v) is 2.16. The van der Waals surface area contributed by atoms with Crippen LogP contribution in [0, 0.1) is 0 Å². The van der Waals surface area contributed by atoms with E-state index in [2.05, 4.69) is 0 Å². The molecule has 0 saturated heterocycles. The summed E-state index contributed by atoms with van der Waals surface area (Å²) in [4.78, 5) is 11.4. The first kappa shape index (κ1) is 10.2. The van der Waals surface area contributed by atoms with Gasteiger partial charge >= 0.3 is 6.09 Å². The van der Waals surface area contributed by atoms with E-state index in [0.717, 1.165) is 4.90 Å². The number of amides is 1. The Bertz CT molecular complexity index is 321. The summed E-state index contributed by atoms with van der Waals surface area (Å²) < 4.78 is 0. The largest absolute Gasteiger partial charge is 0.457 e. The van der Waals surface area contributed by atoms with Gasteiger partial charge in [-0.3, -0.25) is 4.90 Å². The fourth-order valence-corrected chi connectivity index (χ4v) is 1.55. The summed E-state index contributed by atoms with van der Waals surface area (Å²) in [6.07, 6.45) is -1.35. The highest BCUT2D eigenvalue weighted by Gasteiger charge is 2.16. The SMILES string of the molecule is CN(C([O])=O)c1c(Cl)cccc1Cl. The van der Waals surface area contributed by atoms with Gasteiger partial charge in [0.1, 0.15) is 0 Å². The Morgan fingerprint density at radius 2 is 1.77 bits per heavy atom. The number of carbonyl (C=O) groups is 1. The van der Waals surface area contributed by atoms with E-state index in [0.29, 0.717) is 0 Å². The van der Waals surface area contributed by atoms with Crippen molar-refractivity contribution >= 4 is 35.0 Å². The summed E-state index contributed by atoms with van der Waals surface area (Å²) in [6.45, 7) is 0. The van der Waals surface area contributed by atoms with Crippen LogP contribution >= 0.6 is 23.2 Å². The molecule has 0 unspecified atom stereocenters. The summed E-state index contributed by atoms with van der Waals surface area (Å²) in [7, 11) is 1.32. The van der Waals surface area contributed by atoms with Crippen LogP contribution in [0.2, 0.25) is 10.0 Å². The molecule has 13 heavy (non-hydrogen) atoms. The van der Waals surface area contributed by atoms with E-state index in [9.17, 15) is 9.90 Å². The first-order valence-electron chi connectivity index (χ1n) is 3.42. The molecule has 1 aromatic carbocycles. The van der Waals surface area contributed by atoms with Crippen molar-refractivity contribution in [3.63, 3.8) is 0 Å². The summed E-state index contributed by atoms with van der Waals surface area (Å²) in [5.74, 6) is 0. The lowest BCUT2D eigenvalue weighted by molar-refractivity contribution is 0.178. The van der Waals surface area contributed by atoms with Gasteiger partial charge in [-0.15, -0.1) is 0 Å². The van der Waals surface area contributed by atoms with Gasteiger partial charge < -0.3 is 0 Å². The van der Waals surface area contributed by atoms with Gasteiger partial charge in [-0.25, -0.2) is 9.90 Å². The van der Waals surface area contributed by atoms with E-state index < -0.39 is 6.09 Å². The van der Waals surface area contributed by atoms with Gasteiger partial charge in [-0.2, -0.15) is 0 Å². The number of hydrogen-bond donors (Lipinski definition) is 0. The van der Waals surface area contributed by atoms with Crippen LogP contribution < -0.4 is 4.90 Å². The van der Waals surface area contributed by atoms with Crippen molar-refractivity contribution in [3.8, 4) is 0 Å². The number of rotatable bonds is 1. The van der Waals surface area contributed by atoms with Crippen LogP contribution in [0.3, 0.4) is 0 Å². The van der Waals surface area contributed by atoms with E-state index in [1.807, 2.05) is 0 Å². The average molecular weight is 219 g/mol. The third-order valence-electron chi connectivity index (χ3n) is 1.55. The van der Waals surface area contributed by atoms with Crippen LogP contribution in [-0.2, 0) is 5.11 Å². The van der Waals surface area contributed by atoms with Gasteiger partial charge in [-0.1, -0.05) is 29.3 Å². The second kappa shape index (κ2) is 3.85. The first-order chi connectivity index (χ1) is 6.04. The van der Waals surface area contributed by atoms with Crippen LogP contribution in [0.1, 0.15) is 0 Å². The minimum Gasteiger partial charge on any atom is -0.275 e. The normalized spacial score (nSPS) is 9.77. The van der Waals surface area contributed by atoms with E-state index in [1.54, 1.807) is 18.2 Å². The topological polar surface area (TPSA) is 40.2 Å². The molecule has 1 rings (SSSR count). The molecule has 0 fully saturated rings. The smallest absolute Gasteiger partial charge is 0.275 e. The number of nitrogens with zero attached hydrogens (tertiary/aromatic N) is 1. The molecule has 0 spiro atoms. The number of para-hydroxylation sites is 1. The van der Waals surface area contributed by atoms with Crippen molar-refractivity contribution in [1.82, 2.24) is 0 Å². The molecule has 0 aromatic heterocycles. The van der Waals surface area contributed by atoms with Gasteiger partial charge in [0.15, 0.2) is 0 Å². The van der Waals surface area contributed by atoms with E-state index in [1.165, 1.54) is 7.05 Å². The van der Waals surface area contributed by atoms with Gasteiger partial charge in [0, 0.05) is 7.05 Å². The zero-order chi connectivity index (χ0) is 10.0. The van der Waals surface area contributed by atoms with Crippen molar-refractivity contribution in [2.24, 2.45) is 0 Å². The van der Waals surface area contributed by atoms with Gasteiger partial charge in [0.25, 0.3) is 0 Å². The Balaban J connectivity index is 3.20. The summed E-state index contributed by atoms with van der Waals surface area (Å²) in [5, 5.41) is 11.1. The molecule has 0 aliphatic rings. The van der Waals surface area contributed by atoms with Gasteiger partial charge in [-0.05, 0) is 12.1 Å². The maximum atomic E-state index is 10.5. The Hall–Kier alpha value is -0.930. The fourth-order valence-electron chi connectivity index (χ4n) is 0.901. The molecule has 5 heteroatoms. The molecule has 0 N–H and O–H groups in total. The zero-order valence-corrected chi connectivity index (χ0v) is 8.26. The predicted octanol–water partition coefficient (Wildman–Crippen LogP) is 2.98. The molecule has 69 valence electrons. The second-order valence-corrected chi connectivity index (χ2v) is 3.21. The van der Waals surface area contributed by atoms with Crippen LogP contribution in [0.5, 0.6) is 0 Å². The van der Waals surface area contributed by atoms with Crippen molar-refractivity contribution in [2.75, 3.05) is 11.9 Å². The van der Waals surface area contributed by atoms with E-state index in [-0.39, 0.29) is 15.7 Å². The number of benzene rings is 1. The molecule has 0 aliphatic heterocycles. The molecule has 3 nitrogen and oxygen atoms in total. The third kappa shape index (κ3) is 2.05. The van der Waals surface area contributed by atoms with Crippen LogP contribution in [0.4, 0.5) is 10.5 Å². The highest BCUT2D eigenvalue weighted by molar-refractivity contribution is 6.39. The molecule has 0 saturated carbocycles. The number of carbonyl (C=O) groups excluding carboxylic acids is 1. The molecule has 0 aliphatic carbocycles. The molecule has 0 atom stereocenters. The van der Waals surface area contributed by atoms with Crippen LogP contribution in [0.25, 0.3) is 0 Å². The minimum atomic E-state index is -1.35. The molecule has 0 heterocycles. The van der Waals surface area contributed by atoms with Crippen LogP contribution in [0.15, 0.2) is 18.2 Å². The highest BCUT2D eigenvalue weighted by atomic mass is 35.5. The van der Waals surface area contributed by atoms with Crippen molar-refractivity contribution in [3.05, 3.63) is 28.2 Å². The summed E-state index contributed by atoms with van der Waals surface area (Å²) >= 11 is 11.5. The fraction of sp³-hybridized carbons (Fsp3) is 0.125. The summed E-state index contributed by atoms with van der Waals surface area (Å²) in [6, 6.07) is 4.75. The number of halogens is 2. The Morgan fingerprint density at radius 1 is 1.31 bits per heavy atom. The Morgan fingerprint density at radius 3 is 2.15 bits per heavy atom.